The number of aromatic nitrogens is 2. The van der Waals surface area contributed by atoms with E-state index in [-0.39, 0.29) is 17.3 Å². The van der Waals surface area contributed by atoms with E-state index in [1.165, 1.54) is 12.3 Å². The fourth-order valence-electron chi connectivity index (χ4n) is 3.47. The number of H-pyrrole nitrogens is 1. The fraction of sp³-hybridized carbons (Fsp3) is 0.120. The van der Waals surface area contributed by atoms with Crippen molar-refractivity contribution >= 4 is 69.3 Å². The molecule has 184 valence electrons. The number of benzene rings is 2. The second kappa shape index (κ2) is 11.4. The molecule has 8 nitrogen and oxygen atoms in total. The number of pyridine rings is 1. The van der Waals surface area contributed by atoms with Gasteiger partial charge in [0.15, 0.2) is 12.4 Å². The van der Waals surface area contributed by atoms with Crippen molar-refractivity contribution in [3.8, 4) is 0 Å². The van der Waals surface area contributed by atoms with Gasteiger partial charge in [0, 0.05) is 40.3 Å². The minimum Gasteiger partial charge on any atom is -0.454 e. The number of hydrogen-bond acceptors (Lipinski definition) is 5. The molecule has 4 rings (SSSR count). The van der Waals surface area contributed by atoms with E-state index >= 15 is 0 Å². The Kier molecular flexibility index (Phi) is 8.10. The maximum atomic E-state index is 13.0. The third kappa shape index (κ3) is 6.34. The molecule has 1 atom stereocenters. The number of rotatable bonds is 8. The number of nitrogens with one attached hydrogen (secondary N) is 3. The summed E-state index contributed by atoms with van der Waals surface area (Å²) >= 11 is 17.7. The number of carbonyl (C=O) groups excluding carboxylic acids is 3. The first-order chi connectivity index (χ1) is 17.3. The average Bonchev–Trinajstić information content (AvgIpc) is 3.27. The van der Waals surface area contributed by atoms with Crippen LogP contribution in [0.5, 0.6) is 0 Å². The second-order valence-electron chi connectivity index (χ2n) is 7.74. The van der Waals surface area contributed by atoms with Gasteiger partial charge in [0.2, 0.25) is 0 Å². The number of esters is 1. The lowest BCUT2D eigenvalue weighted by Gasteiger charge is -2.18. The summed E-state index contributed by atoms with van der Waals surface area (Å²) in [4.78, 5) is 45.2. The van der Waals surface area contributed by atoms with Gasteiger partial charge >= 0.3 is 5.97 Å². The van der Waals surface area contributed by atoms with Crippen LogP contribution in [0.4, 0.5) is 5.82 Å². The van der Waals surface area contributed by atoms with Crippen LogP contribution in [-0.2, 0) is 20.7 Å². The van der Waals surface area contributed by atoms with E-state index < -0.39 is 30.4 Å². The molecule has 0 aliphatic heterocycles. The number of para-hydroxylation sites is 1. The SMILES string of the molecule is O=C(COC(=O)C(Cc1c[nH]c2ccccc12)NC(=O)c1ccc(Cl)cc1)Nc1ncc(Cl)cc1Cl. The van der Waals surface area contributed by atoms with E-state index in [1.54, 1.807) is 30.5 Å². The molecule has 11 heteroatoms. The Morgan fingerprint density at radius 1 is 1.00 bits per heavy atom. The highest BCUT2D eigenvalue weighted by Crippen LogP contribution is 2.23. The van der Waals surface area contributed by atoms with Crippen LogP contribution in [0.2, 0.25) is 15.1 Å². The Balaban J connectivity index is 1.47. The molecule has 2 heterocycles. The molecule has 0 aliphatic rings. The Bertz CT molecular complexity index is 1420. The van der Waals surface area contributed by atoms with E-state index in [1.807, 2.05) is 24.3 Å². The highest BCUT2D eigenvalue weighted by atomic mass is 35.5. The molecule has 4 aromatic rings. The summed E-state index contributed by atoms with van der Waals surface area (Å²) in [5, 5.41) is 6.96. The van der Waals surface area contributed by atoms with E-state index in [0.29, 0.717) is 15.6 Å². The van der Waals surface area contributed by atoms with E-state index in [9.17, 15) is 14.4 Å². The van der Waals surface area contributed by atoms with Crippen molar-refractivity contribution in [2.45, 2.75) is 12.5 Å². The minimum atomic E-state index is -1.07. The summed E-state index contributed by atoms with van der Waals surface area (Å²) in [6, 6.07) is 14.1. The molecule has 0 radical (unpaired) electrons. The number of hydrogen-bond donors (Lipinski definition) is 3. The molecule has 2 amide bonds. The van der Waals surface area contributed by atoms with Gasteiger partial charge in [-0.3, -0.25) is 9.59 Å². The quantitative estimate of drug-likeness (QED) is 0.268. The maximum Gasteiger partial charge on any atom is 0.329 e. The fourth-order valence-corrected chi connectivity index (χ4v) is 4.02. The number of ether oxygens (including phenoxy) is 1. The van der Waals surface area contributed by atoms with Crippen molar-refractivity contribution in [2.24, 2.45) is 0 Å². The molecule has 3 N–H and O–H groups in total. The molecule has 2 aromatic heterocycles. The Labute approximate surface area is 220 Å². The molecule has 0 bridgehead atoms. The van der Waals surface area contributed by atoms with Crippen LogP contribution < -0.4 is 10.6 Å². The molecule has 0 aliphatic carbocycles. The summed E-state index contributed by atoms with van der Waals surface area (Å²) < 4.78 is 5.22. The molecule has 0 spiro atoms. The van der Waals surface area contributed by atoms with Gasteiger partial charge in [-0.1, -0.05) is 53.0 Å². The van der Waals surface area contributed by atoms with Crippen molar-refractivity contribution in [3.05, 3.63) is 93.2 Å². The van der Waals surface area contributed by atoms with Gasteiger partial charge in [-0.2, -0.15) is 0 Å². The molecule has 36 heavy (non-hydrogen) atoms. The molecule has 0 saturated carbocycles. The van der Waals surface area contributed by atoms with Gasteiger partial charge in [0.1, 0.15) is 6.04 Å². The molecule has 1 unspecified atom stereocenters. The summed E-state index contributed by atoms with van der Waals surface area (Å²) in [7, 11) is 0. The number of halogens is 3. The van der Waals surface area contributed by atoms with Gasteiger partial charge in [-0.25, -0.2) is 9.78 Å². The highest BCUT2D eigenvalue weighted by Gasteiger charge is 2.25. The third-order valence-corrected chi connectivity index (χ3v) is 5.95. The number of aromatic amines is 1. The van der Waals surface area contributed by atoms with E-state index in [2.05, 4.69) is 20.6 Å². The lowest BCUT2D eigenvalue weighted by atomic mass is 10.0. The number of nitrogens with zero attached hydrogens (tertiary/aromatic N) is 1. The van der Waals surface area contributed by atoms with Crippen LogP contribution in [-0.4, -0.2) is 40.4 Å². The zero-order chi connectivity index (χ0) is 25.7. The number of anilines is 1. The summed E-state index contributed by atoms with van der Waals surface area (Å²) in [5.74, 6) is -1.86. The standard InChI is InChI=1S/C25H19Cl3N4O4/c26-16-7-5-14(6-8-16)24(34)31-21(9-15-11-29-20-4-2-1-3-18(15)20)25(35)36-13-22(33)32-23-19(28)10-17(27)12-30-23/h1-8,10-12,21,29H,9,13H2,(H,31,34)(H,30,32,33). The van der Waals surface area contributed by atoms with Crippen LogP contribution in [0.15, 0.2) is 67.0 Å². The van der Waals surface area contributed by atoms with Gasteiger partial charge in [-0.15, -0.1) is 0 Å². The number of fused-ring (bicyclic) bond motifs is 1. The van der Waals surface area contributed by atoms with Gasteiger partial charge < -0.3 is 20.4 Å². The molecule has 0 fully saturated rings. The first-order valence-corrected chi connectivity index (χ1v) is 11.8. The third-order valence-electron chi connectivity index (χ3n) is 5.21. The van der Waals surface area contributed by atoms with Gasteiger partial charge in [-0.05, 0) is 42.0 Å². The Morgan fingerprint density at radius 2 is 1.75 bits per heavy atom. The highest BCUT2D eigenvalue weighted by molar-refractivity contribution is 6.36. The topological polar surface area (TPSA) is 113 Å². The molecular weight excluding hydrogens is 527 g/mol. The lowest BCUT2D eigenvalue weighted by Crippen LogP contribution is -2.44. The number of amides is 2. The predicted octanol–water partition coefficient (Wildman–Crippen LogP) is 5.05. The smallest absolute Gasteiger partial charge is 0.329 e. The van der Waals surface area contributed by atoms with Crippen LogP contribution in [0.3, 0.4) is 0 Å². The second-order valence-corrected chi connectivity index (χ2v) is 9.02. The van der Waals surface area contributed by atoms with E-state index in [4.69, 9.17) is 39.5 Å². The van der Waals surface area contributed by atoms with Crippen LogP contribution >= 0.6 is 34.8 Å². The first-order valence-electron chi connectivity index (χ1n) is 10.7. The van der Waals surface area contributed by atoms with Crippen molar-refractivity contribution in [2.75, 3.05) is 11.9 Å². The van der Waals surface area contributed by atoms with Crippen molar-refractivity contribution in [1.82, 2.24) is 15.3 Å². The monoisotopic (exact) mass is 544 g/mol. The van der Waals surface area contributed by atoms with Crippen LogP contribution in [0.1, 0.15) is 15.9 Å². The predicted molar refractivity (Wildman–Crippen MR) is 139 cm³/mol. The van der Waals surface area contributed by atoms with Gasteiger partial charge in [0.25, 0.3) is 11.8 Å². The maximum absolute atomic E-state index is 13.0. The summed E-state index contributed by atoms with van der Waals surface area (Å²) in [5.41, 5.74) is 2.00. The van der Waals surface area contributed by atoms with Crippen molar-refractivity contribution in [3.63, 3.8) is 0 Å². The summed E-state index contributed by atoms with van der Waals surface area (Å²) in [6.45, 7) is -0.610. The molecule has 0 saturated heterocycles. The van der Waals surface area contributed by atoms with Gasteiger partial charge in [0.05, 0.1) is 10.0 Å². The lowest BCUT2D eigenvalue weighted by molar-refractivity contribution is -0.149. The largest absolute Gasteiger partial charge is 0.454 e. The first kappa shape index (κ1) is 25.5. The minimum absolute atomic E-state index is 0.0773. The Hall–Kier alpha value is -3.59. The zero-order valence-electron chi connectivity index (χ0n) is 18.6. The Morgan fingerprint density at radius 3 is 2.50 bits per heavy atom. The normalized spacial score (nSPS) is 11.6. The van der Waals surface area contributed by atoms with Crippen molar-refractivity contribution < 1.29 is 19.1 Å². The van der Waals surface area contributed by atoms with Crippen molar-refractivity contribution in [1.29, 1.82) is 0 Å². The van der Waals surface area contributed by atoms with Crippen LogP contribution in [0, 0.1) is 0 Å². The molecule has 2 aromatic carbocycles. The zero-order valence-corrected chi connectivity index (χ0v) is 20.8. The summed E-state index contributed by atoms with van der Waals surface area (Å²) in [6.07, 6.45) is 3.22. The number of carbonyl (C=O) groups is 3. The average molecular weight is 546 g/mol. The molecular formula is C25H19Cl3N4O4. The van der Waals surface area contributed by atoms with Crippen LogP contribution in [0.25, 0.3) is 10.9 Å². The van der Waals surface area contributed by atoms with E-state index in [0.717, 1.165) is 16.5 Å².